The monoisotopic (exact) mass is 557 g/mol. The topological polar surface area (TPSA) is 123 Å². The molecule has 2 atom stereocenters. The molecule has 3 amide bonds. The Morgan fingerprint density at radius 2 is 1.82 bits per heavy atom. The van der Waals surface area contributed by atoms with Crippen LogP contribution in [0.1, 0.15) is 35.7 Å². The summed E-state index contributed by atoms with van der Waals surface area (Å²) < 4.78 is 15.8. The second-order valence-electron chi connectivity index (χ2n) is 8.86. The molecule has 2 aromatic rings. The number of nitrogens with zero attached hydrogens (tertiary/aromatic N) is 1. The SMILES string of the molecule is COC(=O)[C@@H]1CCC(=O)N(Cc2ccc(OC)cc2)CC=CCOc2cc(Cl)ccc2C(=O)N[C@H](C)C(=O)N1. The molecule has 0 aliphatic carbocycles. The molecule has 0 bridgehead atoms. The van der Waals surface area contributed by atoms with Gasteiger partial charge in [-0.15, -0.1) is 0 Å². The maximum atomic E-state index is 13.2. The van der Waals surface area contributed by atoms with Crippen LogP contribution < -0.4 is 20.1 Å². The number of methoxy groups -OCH3 is 2. The Kier molecular flexibility index (Phi) is 10.7. The first-order valence-corrected chi connectivity index (χ1v) is 12.8. The molecule has 2 aromatic carbocycles. The molecule has 0 radical (unpaired) electrons. The standard InChI is InChI=1S/C28H32ClN3O7/c1-18-26(34)31-23(28(36)38-3)12-13-25(33)32(17-19-6-9-21(37-2)10-7-19)14-4-5-15-39-24-16-20(29)8-11-22(24)27(35)30-18/h4-11,16,18,23H,12-15,17H2,1-3H3,(H,30,35)(H,31,34)/t18-,23+/m1/s1. The predicted molar refractivity (Wildman–Crippen MR) is 145 cm³/mol. The lowest BCUT2D eigenvalue weighted by Crippen LogP contribution is -2.51. The molecule has 0 saturated heterocycles. The molecule has 0 spiro atoms. The molecule has 11 heteroatoms. The summed E-state index contributed by atoms with van der Waals surface area (Å²) in [6, 6.07) is 9.84. The highest BCUT2D eigenvalue weighted by Crippen LogP contribution is 2.24. The lowest BCUT2D eigenvalue weighted by Gasteiger charge is -2.24. The van der Waals surface area contributed by atoms with Gasteiger partial charge in [-0.1, -0.05) is 29.8 Å². The molecule has 0 unspecified atom stereocenters. The van der Waals surface area contributed by atoms with E-state index in [2.05, 4.69) is 10.6 Å². The number of benzene rings is 2. The van der Waals surface area contributed by atoms with Gasteiger partial charge in [-0.25, -0.2) is 4.79 Å². The van der Waals surface area contributed by atoms with Crippen LogP contribution in [0.2, 0.25) is 5.02 Å². The summed E-state index contributed by atoms with van der Waals surface area (Å²) >= 11 is 6.11. The fourth-order valence-corrected chi connectivity index (χ4v) is 4.03. The van der Waals surface area contributed by atoms with Crippen LogP contribution in [0.3, 0.4) is 0 Å². The fraction of sp³-hybridized carbons (Fsp3) is 0.357. The van der Waals surface area contributed by atoms with Crippen molar-refractivity contribution < 1.29 is 33.4 Å². The van der Waals surface area contributed by atoms with Gasteiger partial charge in [-0.2, -0.15) is 0 Å². The first kappa shape index (κ1) is 29.5. The van der Waals surface area contributed by atoms with Crippen molar-refractivity contribution in [3.63, 3.8) is 0 Å². The van der Waals surface area contributed by atoms with E-state index in [4.69, 9.17) is 25.8 Å². The summed E-state index contributed by atoms with van der Waals surface area (Å²) in [6.07, 6.45) is 3.52. The highest BCUT2D eigenvalue weighted by molar-refractivity contribution is 6.30. The fourth-order valence-electron chi connectivity index (χ4n) is 3.87. The van der Waals surface area contributed by atoms with Crippen LogP contribution >= 0.6 is 11.6 Å². The Labute approximate surface area is 232 Å². The number of ether oxygens (including phenoxy) is 3. The Morgan fingerprint density at radius 3 is 2.51 bits per heavy atom. The normalized spacial score (nSPS) is 19.2. The second-order valence-corrected chi connectivity index (χ2v) is 9.30. The van der Waals surface area contributed by atoms with E-state index >= 15 is 0 Å². The Balaban J connectivity index is 1.88. The smallest absolute Gasteiger partial charge is 0.328 e. The van der Waals surface area contributed by atoms with Crippen molar-refractivity contribution in [1.29, 1.82) is 0 Å². The first-order valence-electron chi connectivity index (χ1n) is 12.4. The Morgan fingerprint density at radius 1 is 1.08 bits per heavy atom. The molecule has 0 aromatic heterocycles. The van der Waals surface area contributed by atoms with Crippen molar-refractivity contribution in [3.8, 4) is 11.5 Å². The van der Waals surface area contributed by atoms with Gasteiger partial charge in [0.2, 0.25) is 11.8 Å². The number of fused-ring (bicyclic) bond motifs is 1. The highest BCUT2D eigenvalue weighted by Gasteiger charge is 2.27. The molecule has 1 aliphatic rings. The molecular formula is C28H32ClN3O7. The summed E-state index contributed by atoms with van der Waals surface area (Å²) in [6.45, 7) is 2.18. The second kappa shape index (κ2) is 14.2. The number of hydrogen-bond donors (Lipinski definition) is 2. The number of amides is 3. The minimum Gasteiger partial charge on any atom is -0.497 e. The van der Waals surface area contributed by atoms with Gasteiger partial charge in [0.25, 0.3) is 5.91 Å². The zero-order chi connectivity index (χ0) is 28.4. The van der Waals surface area contributed by atoms with E-state index in [-0.39, 0.29) is 43.2 Å². The lowest BCUT2D eigenvalue weighted by atomic mass is 10.1. The van der Waals surface area contributed by atoms with Gasteiger partial charge in [0.05, 0.1) is 19.8 Å². The van der Waals surface area contributed by atoms with Gasteiger partial charge >= 0.3 is 5.97 Å². The Hall–Kier alpha value is -4.05. The molecule has 208 valence electrons. The first-order chi connectivity index (χ1) is 18.7. The minimum absolute atomic E-state index is 0.0190. The largest absolute Gasteiger partial charge is 0.497 e. The van der Waals surface area contributed by atoms with Gasteiger partial charge in [0.1, 0.15) is 30.2 Å². The molecule has 1 aliphatic heterocycles. The summed E-state index contributed by atoms with van der Waals surface area (Å²) in [7, 11) is 2.78. The van der Waals surface area contributed by atoms with Crippen LogP contribution in [-0.2, 0) is 25.7 Å². The molecule has 0 fully saturated rings. The van der Waals surface area contributed by atoms with Gasteiger partial charge in [-0.05, 0) is 55.3 Å². The van der Waals surface area contributed by atoms with Crippen molar-refractivity contribution in [2.75, 3.05) is 27.4 Å². The van der Waals surface area contributed by atoms with E-state index in [1.807, 2.05) is 24.3 Å². The summed E-state index contributed by atoms with van der Waals surface area (Å²) in [5.41, 5.74) is 1.08. The van der Waals surface area contributed by atoms with Crippen LogP contribution in [0, 0.1) is 0 Å². The minimum atomic E-state index is -1.07. The van der Waals surface area contributed by atoms with Crippen LogP contribution in [0.15, 0.2) is 54.6 Å². The average Bonchev–Trinajstić information content (AvgIpc) is 2.93. The zero-order valence-corrected chi connectivity index (χ0v) is 22.8. The van der Waals surface area contributed by atoms with E-state index < -0.39 is 29.9 Å². The molecule has 10 nitrogen and oxygen atoms in total. The third kappa shape index (κ3) is 8.47. The number of carbonyl (C=O) groups is 4. The number of rotatable bonds is 4. The quantitative estimate of drug-likeness (QED) is 0.437. The zero-order valence-electron chi connectivity index (χ0n) is 22.1. The number of nitrogens with one attached hydrogen (secondary N) is 2. The lowest BCUT2D eigenvalue weighted by molar-refractivity contribution is -0.145. The molecule has 2 N–H and O–H groups in total. The third-order valence-corrected chi connectivity index (χ3v) is 6.33. The van der Waals surface area contributed by atoms with Crippen molar-refractivity contribution in [3.05, 3.63) is 70.8 Å². The van der Waals surface area contributed by atoms with E-state index in [1.54, 1.807) is 30.2 Å². The van der Waals surface area contributed by atoms with Crippen molar-refractivity contribution in [1.82, 2.24) is 15.5 Å². The van der Waals surface area contributed by atoms with Gasteiger partial charge in [0, 0.05) is 24.5 Å². The van der Waals surface area contributed by atoms with Crippen molar-refractivity contribution in [2.45, 2.75) is 38.4 Å². The maximum absolute atomic E-state index is 13.2. The van der Waals surface area contributed by atoms with Crippen molar-refractivity contribution in [2.24, 2.45) is 0 Å². The van der Waals surface area contributed by atoms with Crippen LogP contribution in [0.25, 0.3) is 0 Å². The van der Waals surface area contributed by atoms with E-state index in [0.29, 0.717) is 17.3 Å². The van der Waals surface area contributed by atoms with Gasteiger partial charge < -0.3 is 29.7 Å². The van der Waals surface area contributed by atoms with Gasteiger partial charge in [0.15, 0.2) is 0 Å². The van der Waals surface area contributed by atoms with E-state index in [9.17, 15) is 19.2 Å². The number of hydrogen-bond acceptors (Lipinski definition) is 7. The number of halogens is 1. The highest BCUT2D eigenvalue weighted by atomic mass is 35.5. The van der Waals surface area contributed by atoms with Crippen LogP contribution in [-0.4, -0.2) is 68.0 Å². The van der Waals surface area contributed by atoms with Gasteiger partial charge in [-0.3, -0.25) is 14.4 Å². The summed E-state index contributed by atoms with van der Waals surface area (Å²) in [5.74, 6) is -1.13. The molecule has 0 saturated carbocycles. The molecule has 1 heterocycles. The van der Waals surface area contributed by atoms with E-state index in [0.717, 1.165) is 5.56 Å². The van der Waals surface area contributed by atoms with Crippen LogP contribution in [0.4, 0.5) is 0 Å². The molecular weight excluding hydrogens is 526 g/mol. The predicted octanol–water partition coefficient (Wildman–Crippen LogP) is 2.88. The van der Waals surface area contributed by atoms with E-state index in [1.165, 1.54) is 26.2 Å². The number of esters is 1. The van der Waals surface area contributed by atoms with Crippen LogP contribution in [0.5, 0.6) is 11.5 Å². The summed E-state index contributed by atoms with van der Waals surface area (Å²) in [4.78, 5) is 53.0. The average molecular weight is 558 g/mol. The Bertz CT molecular complexity index is 1220. The third-order valence-electron chi connectivity index (χ3n) is 6.09. The number of carbonyl (C=O) groups excluding carboxylic acids is 4. The summed E-state index contributed by atoms with van der Waals surface area (Å²) in [5, 5.41) is 5.56. The van der Waals surface area contributed by atoms with Crippen molar-refractivity contribution >= 4 is 35.3 Å². The maximum Gasteiger partial charge on any atom is 0.328 e. The molecule has 3 rings (SSSR count). The molecule has 39 heavy (non-hydrogen) atoms.